The van der Waals surface area contributed by atoms with E-state index in [1.165, 1.54) is 19.3 Å². The first-order valence-electron chi connectivity index (χ1n) is 7.64. The molecular formula is C18H19NO7. The Morgan fingerprint density at radius 3 is 2.54 bits per heavy atom. The van der Waals surface area contributed by atoms with Crippen molar-refractivity contribution in [2.45, 2.75) is 6.42 Å². The van der Waals surface area contributed by atoms with E-state index in [1.54, 1.807) is 42.5 Å². The molecule has 0 saturated heterocycles. The van der Waals surface area contributed by atoms with E-state index in [0.717, 1.165) is 5.56 Å². The SMILES string of the molecule is COc1cc(/C=C/C(=O)Oc2ccc(CCON(O)O)cc2)ccc1O. The second-order valence-electron chi connectivity index (χ2n) is 5.17. The molecule has 0 heterocycles. The fraction of sp³-hybridized carbons (Fsp3) is 0.167. The molecule has 138 valence electrons. The fourth-order valence-electron chi connectivity index (χ4n) is 2.08. The van der Waals surface area contributed by atoms with Crippen molar-refractivity contribution in [3.63, 3.8) is 0 Å². The van der Waals surface area contributed by atoms with Crippen LogP contribution in [0.1, 0.15) is 11.1 Å². The van der Waals surface area contributed by atoms with Gasteiger partial charge in [0.2, 0.25) is 0 Å². The van der Waals surface area contributed by atoms with Crippen LogP contribution in [0.3, 0.4) is 0 Å². The number of esters is 1. The van der Waals surface area contributed by atoms with Gasteiger partial charge in [-0.2, -0.15) is 0 Å². The standard InChI is InChI=1S/C18H19NO7/c1-24-17-12-14(4-8-16(17)20)5-9-18(21)26-15-6-2-13(3-7-15)10-11-25-19(22)23/h2-9,12,20,22-23H,10-11H2,1H3/b9-5+. The van der Waals surface area contributed by atoms with Crippen LogP contribution < -0.4 is 9.47 Å². The van der Waals surface area contributed by atoms with Crippen molar-refractivity contribution in [2.24, 2.45) is 0 Å². The van der Waals surface area contributed by atoms with Gasteiger partial charge in [-0.1, -0.05) is 18.2 Å². The second kappa shape index (κ2) is 9.54. The average molecular weight is 361 g/mol. The highest BCUT2D eigenvalue weighted by Gasteiger charge is 2.04. The minimum absolute atomic E-state index is 0.0170. The fourth-order valence-corrected chi connectivity index (χ4v) is 2.08. The average Bonchev–Trinajstić information content (AvgIpc) is 2.62. The Balaban J connectivity index is 1.89. The van der Waals surface area contributed by atoms with E-state index in [0.29, 0.717) is 23.5 Å². The summed E-state index contributed by atoms with van der Waals surface area (Å²) in [6, 6.07) is 11.4. The molecule has 2 aromatic carbocycles. The number of nitrogens with zero attached hydrogens (tertiary/aromatic N) is 1. The van der Waals surface area contributed by atoms with Gasteiger partial charge in [0, 0.05) is 6.08 Å². The Morgan fingerprint density at radius 1 is 1.15 bits per heavy atom. The highest BCUT2D eigenvalue weighted by molar-refractivity contribution is 5.88. The summed E-state index contributed by atoms with van der Waals surface area (Å²) in [6.07, 6.45) is 3.27. The molecule has 8 heteroatoms. The van der Waals surface area contributed by atoms with E-state index in [9.17, 15) is 9.90 Å². The van der Waals surface area contributed by atoms with Crippen LogP contribution in [-0.2, 0) is 16.1 Å². The molecule has 0 spiro atoms. The molecule has 0 atom stereocenters. The summed E-state index contributed by atoms with van der Waals surface area (Å²) in [5, 5.41) is 26.1. The first-order valence-corrected chi connectivity index (χ1v) is 7.64. The minimum Gasteiger partial charge on any atom is -0.504 e. The Morgan fingerprint density at radius 2 is 1.88 bits per heavy atom. The van der Waals surface area contributed by atoms with Crippen molar-refractivity contribution in [2.75, 3.05) is 13.7 Å². The van der Waals surface area contributed by atoms with E-state index < -0.39 is 5.97 Å². The number of rotatable bonds is 8. The van der Waals surface area contributed by atoms with Crippen molar-refractivity contribution in [3.05, 3.63) is 59.7 Å². The number of hydrogen-bond donors (Lipinski definition) is 3. The van der Waals surface area contributed by atoms with Gasteiger partial charge in [0.1, 0.15) is 5.75 Å². The normalized spacial score (nSPS) is 11.1. The lowest BCUT2D eigenvalue weighted by Crippen LogP contribution is -2.16. The number of methoxy groups -OCH3 is 1. The molecule has 0 aliphatic carbocycles. The molecular weight excluding hydrogens is 342 g/mol. The third kappa shape index (κ3) is 6.19. The smallest absolute Gasteiger partial charge is 0.336 e. The maximum absolute atomic E-state index is 11.9. The van der Waals surface area contributed by atoms with Gasteiger partial charge < -0.3 is 14.6 Å². The zero-order valence-corrected chi connectivity index (χ0v) is 14.0. The van der Waals surface area contributed by atoms with Crippen LogP contribution in [0.15, 0.2) is 48.5 Å². The van der Waals surface area contributed by atoms with Crippen LogP contribution in [0.4, 0.5) is 0 Å². The van der Waals surface area contributed by atoms with Gasteiger partial charge in [0.05, 0.1) is 19.1 Å². The quantitative estimate of drug-likeness (QED) is 0.285. The molecule has 2 aromatic rings. The van der Waals surface area contributed by atoms with E-state index in [-0.39, 0.29) is 17.7 Å². The second-order valence-corrected chi connectivity index (χ2v) is 5.17. The molecule has 3 N–H and O–H groups in total. The van der Waals surface area contributed by atoms with Gasteiger partial charge in [0.15, 0.2) is 11.5 Å². The maximum atomic E-state index is 11.9. The zero-order valence-electron chi connectivity index (χ0n) is 14.0. The van der Waals surface area contributed by atoms with E-state index in [2.05, 4.69) is 4.84 Å². The number of hydrogen-bond acceptors (Lipinski definition) is 8. The van der Waals surface area contributed by atoms with Crippen LogP contribution >= 0.6 is 0 Å². The number of ether oxygens (including phenoxy) is 2. The largest absolute Gasteiger partial charge is 0.504 e. The summed E-state index contributed by atoms with van der Waals surface area (Å²) in [6.45, 7) is 0.0883. The molecule has 0 fully saturated rings. The highest BCUT2D eigenvalue weighted by Crippen LogP contribution is 2.26. The van der Waals surface area contributed by atoms with Crippen LogP contribution in [0.2, 0.25) is 0 Å². The van der Waals surface area contributed by atoms with Crippen molar-refractivity contribution >= 4 is 12.0 Å². The minimum atomic E-state index is -0.552. The maximum Gasteiger partial charge on any atom is 0.336 e. The number of benzene rings is 2. The molecule has 0 bridgehead atoms. The summed E-state index contributed by atoms with van der Waals surface area (Å²) < 4.78 is 10.2. The topological polar surface area (TPSA) is 109 Å². The molecule has 26 heavy (non-hydrogen) atoms. The molecule has 8 nitrogen and oxygen atoms in total. The molecule has 0 radical (unpaired) electrons. The number of phenolic OH excluding ortho intramolecular Hbond substituents is 1. The first kappa shape index (κ1) is 19.4. The molecule has 2 rings (SSSR count). The summed E-state index contributed by atoms with van der Waals surface area (Å²) in [5.41, 5.74) is 1.55. The third-order valence-corrected chi connectivity index (χ3v) is 3.35. The van der Waals surface area contributed by atoms with E-state index in [4.69, 9.17) is 19.9 Å². The Bertz CT molecular complexity index is 757. The lowest BCUT2D eigenvalue weighted by molar-refractivity contribution is -0.492. The molecule has 0 aliphatic rings. The van der Waals surface area contributed by atoms with Crippen molar-refractivity contribution in [1.29, 1.82) is 0 Å². The lowest BCUT2D eigenvalue weighted by Gasteiger charge is -2.07. The predicted molar refractivity (Wildman–Crippen MR) is 90.8 cm³/mol. The molecule has 0 unspecified atom stereocenters. The van der Waals surface area contributed by atoms with Gasteiger partial charge in [0.25, 0.3) is 0 Å². The summed E-state index contributed by atoms with van der Waals surface area (Å²) >= 11 is 0. The van der Waals surface area contributed by atoms with Gasteiger partial charge in [-0.05, 0) is 47.9 Å². The monoisotopic (exact) mass is 361 g/mol. The number of carbonyl (C=O) groups is 1. The van der Waals surface area contributed by atoms with Crippen LogP contribution in [0.25, 0.3) is 6.08 Å². The van der Waals surface area contributed by atoms with Crippen LogP contribution in [0.5, 0.6) is 17.2 Å². The zero-order chi connectivity index (χ0) is 18.9. The Hall–Kier alpha value is -2.91. The van der Waals surface area contributed by atoms with Gasteiger partial charge in [-0.25, -0.2) is 4.79 Å². The van der Waals surface area contributed by atoms with Gasteiger partial charge in [-0.3, -0.25) is 15.3 Å². The third-order valence-electron chi connectivity index (χ3n) is 3.35. The number of aromatic hydroxyl groups is 1. The van der Waals surface area contributed by atoms with E-state index in [1.807, 2.05) is 0 Å². The molecule has 0 amide bonds. The van der Waals surface area contributed by atoms with Crippen molar-refractivity contribution in [3.8, 4) is 17.2 Å². The summed E-state index contributed by atoms with van der Waals surface area (Å²) in [7, 11) is 1.44. The number of phenols is 1. The van der Waals surface area contributed by atoms with Gasteiger partial charge >= 0.3 is 5.97 Å². The molecule has 0 saturated carbocycles. The number of carbonyl (C=O) groups excluding carboxylic acids is 1. The van der Waals surface area contributed by atoms with Crippen molar-refractivity contribution in [1.82, 2.24) is 5.39 Å². The predicted octanol–water partition coefficient (Wildman–Crippen LogP) is 2.57. The highest BCUT2D eigenvalue weighted by atomic mass is 17.1. The van der Waals surface area contributed by atoms with Crippen LogP contribution in [0, 0.1) is 0 Å². The van der Waals surface area contributed by atoms with Crippen LogP contribution in [-0.4, -0.2) is 40.6 Å². The van der Waals surface area contributed by atoms with Crippen molar-refractivity contribution < 1.29 is 34.6 Å². The Kier molecular flexibility index (Phi) is 7.12. The molecule has 0 aromatic heterocycles. The van der Waals surface area contributed by atoms with Gasteiger partial charge in [-0.15, -0.1) is 0 Å². The molecule has 0 aliphatic heterocycles. The van der Waals surface area contributed by atoms with E-state index >= 15 is 0 Å². The lowest BCUT2D eigenvalue weighted by atomic mass is 10.1. The Labute approximate surface area is 149 Å². The summed E-state index contributed by atoms with van der Waals surface area (Å²) in [4.78, 5) is 16.3. The first-order chi connectivity index (χ1) is 12.5. The summed E-state index contributed by atoms with van der Waals surface area (Å²) in [5.74, 6) is 0.150.